The van der Waals surface area contributed by atoms with Crippen molar-refractivity contribution in [2.75, 3.05) is 32.0 Å². The van der Waals surface area contributed by atoms with Crippen LogP contribution in [0.3, 0.4) is 0 Å². The quantitative estimate of drug-likeness (QED) is 0.0397. The van der Waals surface area contributed by atoms with Gasteiger partial charge in [-0.15, -0.1) is 0 Å². The molecule has 0 aliphatic carbocycles. The molecule has 0 spiro atoms. The Kier molecular flexibility index (Phi) is 37.7. The van der Waals surface area contributed by atoms with Crippen LogP contribution in [0.15, 0.2) is 0 Å². The second kappa shape index (κ2) is 37.3. The molecule has 0 aromatic heterocycles. The van der Waals surface area contributed by atoms with E-state index in [1.54, 1.807) is 0 Å². The van der Waals surface area contributed by atoms with Crippen molar-refractivity contribution in [2.45, 2.75) is 232 Å². The van der Waals surface area contributed by atoms with Crippen molar-refractivity contribution in [1.82, 2.24) is 4.90 Å². The predicted molar refractivity (Wildman–Crippen MR) is 213 cm³/mol. The maximum atomic E-state index is 7.25. The number of hydrogen-bond donors (Lipinski definition) is 1. The van der Waals surface area contributed by atoms with Gasteiger partial charge in [0.2, 0.25) is 0 Å². The number of rotatable bonds is 39. The summed E-state index contributed by atoms with van der Waals surface area (Å²) in [6.45, 7) is 14.0. The molecule has 0 unspecified atom stereocenters. The van der Waals surface area contributed by atoms with Crippen LogP contribution in [-0.2, 0) is 4.43 Å². The third kappa shape index (κ3) is 31.5. The molecule has 0 aromatic carbocycles. The van der Waals surface area contributed by atoms with Crippen molar-refractivity contribution < 1.29 is 4.43 Å². The van der Waals surface area contributed by atoms with Crippen LogP contribution in [0, 0.1) is 0 Å². The average Bonchev–Trinajstić information content (AvgIpc) is 3.05. The van der Waals surface area contributed by atoms with Gasteiger partial charge < -0.3 is 9.33 Å². The van der Waals surface area contributed by atoms with E-state index in [1.165, 1.54) is 217 Å². The first-order valence-electron chi connectivity index (χ1n) is 21.1. The van der Waals surface area contributed by atoms with Gasteiger partial charge in [0.05, 0.1) is 0 Å². The van der Waals surface area contributed by atoms with Gasteiger partial charge in [-0.2, -0.15) is 12.6 Å². The van der Waals surface area contributed by atoms with E-state index in [0.717, 1.165) is 18.9 Å². The summed E-state index contributed by atoms with van der Waals surface area (Å²) in [5.41, 5.74) is 0. The van der Waals surface area contributed by atoms with Crippen molar-refractivity contribution in [3.8, 4) is 0 Å². The first kappa shape index (κ1) is 45.5. The molecule has 0 aliphatic rings. The van der Waals surface area contributed by atoms with Gasteiger partial charge in [0.15, 0.2) is 8.32 Å². The maximum Gasteiger partial charge on any atom is 0.192 e. The van der Waals surface area contributed by atoms with E-state index in [9.17, 15) is 0 Å². The fourth-order valence-corrected chi connectivity index (χ4v) is 11.9. The van der Waals surface area contributed by atoms with Crippen LogP contribution >= 0.6 is 12.6 Å². The second-order valence-corrected chi connectivity index (χ2v) is 19.3. The normalized spacial score (nSPS) is 12.1. The Bertz CT molecular complexity index is 512. The summed E-state index contributed by atoms with van der Waals surface area (Å²) in [4.78, 5) is 2.81. The molecule has 272 valence electrons. The van der Waals surface area contributed by atoms with E-state index in [2.05, 4.69) is 45.2 Å². The summed E-state index contributed by atoms with van der Waals surface area (Å²) in [6, 6.07) is 4.15. The van der Waals surface area contributed by atoms with Crippen molar-refractivity contribution in [1.29, 1.82) is 0 Å². The van der Waals surface area contributed by atoms with Crippen molar-refractivity contribution >= 4 is 20.9 Å². The zero-order valence-corrected chi connectivity index (χ0v) is 33.9. The smallest absolute Gasteiger partial charge is 0.192 e. The monoisotopic (exact) mass is 670 g/mol. The lowest BCUT2D eigenvalue weighted by molar-refractivity contribution is 0.194. The molecule has 0 amide bonds. The molecule has 0 aromatic rings. The van der Waals surface area contributed by atoms with Crippen LogP contribution in [0.2, 0.25) is 18.1 Å². The van der Waals surface area contributed by atoms with E-state index in [0.29, 0.717) is 0 Å². The molecular formula is C41H87NOSSi. The molecule has 45 heavy (non-hydrogen) atoms. The zero-order chi connectivity index (χ0) is 32.9. The number of nitrogens with zero attached hydrogens (tertiary/aromatic N) is 1. The standard InChI is InChI=1S/C41H87NOSSi/c1-5-9-13-17-21-23-25-29-34-42(35-30-26-24-22-18-14-10-6-2)36-37-43-45(41-33-38-44,39-31-27-19-15-11-7-3)40-32-28-20-16-12-8-4/h44H,5-41H2,1-4H3. The van der Waals surface area contributed by atoms with Gasteiger partial charge in [-0.1, -0.05) is 195 Å². The van der Waals surface area contributed by atoms with Crippen molar-refractivity contribution in [2.24, 2.45) is 0 Å². The van der Waals surface area contributed by atoms with E-state index in [-0.39, 0.29) is 0 Å². The molecular weight excluding hydrogens is 583 g/mol. The van der Waals surface area contributed by atoms with Crippen molar-refractivity contribution in [3.05, 3.63) is 0 Å². The van der Waals surface area contributed by atoms with Gasteiger partial charge in [-0.05, 0) is 56.2 Å². The maximum absolute atomic E-state index is 7.25. The SMILES string of the molecule is CCCCCCCCCCN(CCCCCCCCCC)CCO[Si](CCCS)(CCCCCCCC)CCCCCCCC. The highest BCUT2D eigenvalue weighted by molar-refractivity contribution is 7.80. The van der Waals surface area contributed by atoms with Crippen LogP contribution in [0.4, 0.5) is 0 Å². The lowest BCUT2D eigenvalue weighted by Crippen LogP contribution is -2.41. The van der Waals surface area contributed by atoms with Gasteiger partial charge in [-0.25, -0.2) is 0 Å². The second-order valence-electron chi connectivity index (χ2n) is 14.7. The van der Waals surface area contributed by atoms with E-state index >= 15 is 0 Å². The Balaban J connectivity index is 5.02. The number of hydrogen-bond acceptors (Lipinski definition) is 3. The summed E-state index contributed by atoms with van der Waals surface area (Å²) in [5.74, 6) is 1.02. The molecule has 0 atom stereocenters. The minimum Gasteiger partial charge on any atom is -0.416 e. The summed E-state index contributed by atoms with van der Waals surface area (Å²) in [5, 5.41) is 0. The lowest BCUT2D eigenvalue weighted by Gasteiger charge is -2.33. The summed E-state index contributed by atoms with van der Waals surface area (Å²) >= 11 is 4.67. The lowest BCUT2D eigenvalue weighted by atomic mass is 10.1. The highest BCUT2D eigenvalue weighted by Crippen LogP contribution is 2.30. The highest BCUT2D eigenvalue weighted by Gasteiger charge is 2.33. The zero-order valence-electron chi connectivity index (χ0n) is 32.0. The molecule has 2 nitrogen and oxygen atoms in total. The Morgan fingerprint density at radius 2 is 0.689 bits per heavy atom. The Hall–Kier alpha value is 0.487. The average molecular weight is 670 g/mol. The first-order chi connectivity index (χ1) is 22.2. The Labute approximate surface area is 293 Å². The Morgan fingerprint density at radius 1 is 0.378 bits per heavy atom. The molecule has 0 fully saturated rings. The fraction of sp³-hybridized carbons (Fsp3) is 1.00. The summed E-state index contributed by atoms with van der Waals surface area (Å²) in [6.07, 6.45) is 40.7. The topological polar surface area (TPSA) is 12.5 Å². The molecule has 0 radical (unpaired) electrons. The molecule has 0 N–H and O–H groups in total. The molecule has 0 saturated heterocycles. The minimum atomic E-state index is -1.72. The molecule has 0 heterocycles. The number of unbranched alkanes of at least 4 members (excludes halogenated alkanes) is 24. The van der Waals surface area contributed by atoms with Gasteiger partial charge in [0.25, 0.3) is 0 Å². The van der Waals surface area contributed by atoms with Crippen LogP contribution in [0.25, 0.3) is 0 Å². The van der Waals surface area contributed by atoms with Gasteiger partial charge in [0, 0.05) is 13.2 Å². The fourth-order valence-electron chi connectivity index (χ4n) is 7.11. The van der Waals surface area contributed by atoms with Gasteiger partial charge in [0.1, 0.15) is 0 Å². The van der Waals surface area contributed by atoms with Gasteiger partial charge >= 0.3 is 0 Å². The number of thiol groups is 1. The minimum absolute atomic E-state index is 0.985. The third-order valence-electron chi connectivity index (χ3n) is 10.2. The molecule has 0 rings (SSSR count). The van der Waals surface area contributed by atoms with Crippen LogP contribution in [0.1, 0.15) is 214 Å². The van der Waals surface area contributed by atoms with Crippen molar-refractivity contribution in [3.63, 3.8) is 0 Å². The third-order valence-corrected chi connectivity index (χ3v) is 15.2. The highest BCUT2D eigenvalue weighted by atomic mass is 32.1. The van der Waals surface area contributed by atoms with E-state index < -0.39 is 8.32 Å². The largest absolute Gasteiger partial charge is 0.416 e. The van der Waals surface area contributed by atoms with Gasteiger partial charge in [-0.3, -0.25) is 0 Å². The Morgan fingerprint density at radius 3 is 1.04 bits per heavy atom. The van der Waals surface area contributed by atoms with E-state index in [4.69, 9.17) is 4.43 Å². The molecule has 4 heteroatoms. The predicted octanol–water partition coefficient (Wildman–Crippen LogP) is 14.6. The van der Waals surface area contributed by atoms with Crippen LogP contribution in [-0.4, -0.2) is 45.2 Å². The summed E-state index contributed by atoms with van der Waals surface area (Å²) in [7, 11) is -1.72. The molecule has 0 aliphatic heterocycles. The van der Waals surface area contributed by atoms with Crippen LogP contribution < -0.4 is 0 Å². The summed E-state index contributed by atoms with van der Waals surface area (Å²) < 4.78 is 7.25. The molecule has 0 saturated carbocycles. The van der Waals surface area contributed by atoms with E-state index in [1.807, 2.05) is 0 Å². The first-order valence-corrected chi connectivity index (χ1v) is 24.3. The molecule has 0 bridgehead atoms. The van der Waals surface area contributed by atoms with Crippen LogP contribution in [0.5, 0.6) is 0 Å².